The van der Waals surface area contributed by atoms with Gasteiger partial charge in [0.25, 0.3) is 5.69 Å². The number of benzene rings is 1. The minimum absolute atomic E-state index is 0.0146. The summed E-state index contributed by atoms with van der Waals surface area (Å²) in [5, 5.41) is 14.3. The number of nitro groups is 1. The Morgan fingerprint density at radius 1 is 1.14 bits per heavy atom. The van der Waals surface area contributed by atoms with Crippen LogP contribution in [0.3, 0.4) is 0 Å². The molecule has 152 valence electrons. The molecule has 0 unspecified atom stereocenters. The first-order valence-electron chi connectivity index (χ1n) is 10.1. The highest BCUT2D eigenvalue weighted by Crippen LogP contribution is 2.43. The zero-order valence-electron chi connectivity index (χ0n) is 16.4. The van der Waals surface area contributed by atoms with Crippen LogP contribution in [0.25, 0.3) is 0 Å². The lowest BCUT2D eigenvalue weighted by Gasteiger charge is -2.34. The third-order valence-corrected chi connectivity index (χ3v) is 6.01. The van der Waals surface area contributed by atoms with Crippen LogP contribution in [0.2, 0.25) is 0 Å². The number of hydrogen-bond acceptors (Lipinski definition) is 6. The van der Waals surface area contributed by atoms with Crippen molar-refractivity contribution >= 4 is 17.4 Å². The number of dihydropyridines is 1. The number of carbonyl (C=O) groups is 2. The maximum Gasteiger partial charge on any atom is 0.337 e. The second-order valence-electron chi connectivity index (χ2n) is 7.93. The van der Waals surface area contributed by atoms with Gasteiger partial charge >= 0.3 is 5.97 Å². The van der Waals surface area contributed by atoms with Crippen LogP contribution in [0.4, 0.5) is 5.69 Å². The van der Waals surface area contributed by atoms with E-state index in [-0.39, 0.29) is 17.6 Å². The Morgan fingerprint density at radius 2 is 1.83 bits per heavy atom. The topological polar surface area (TPSA) is 98.5 Å². The summed E-state index contributed by atoms with van der Waals surface area (Å²) in [5.74, 6) is -0.954. The molecular weight excluding hydrogens is 372 g/mol. The number of ketones is 1. The van der Waals surface area contributed by atoms with Crippen LogP contribution in [0.1, 0.15) is 63.4 Å². The highest BCUT2D eigenvalue weighted by molar-refractivity contribution is 6.03. The van der Waals surface area contributed by atoms with Gasteiger partial charge in [0, 0.05) is 41.4 Å². The number of non-ortho nitro benzene ring substituents is 1. The number of Topliss-reactive ketones (excluding diaryl/α,β-unsaturated/α-hetero) is 1. The molecule has 1 aromatic rings. The standard InChI is InChI=1S/C22H24N2O5/c1-13-19(22(26)29-16-5-2-3-6-16)20(14-9-11-15(12-10-14)24(27)28)21-17(23-13)7-4-8-18(21)25/h9-12,16,20,23H,2-8H2,1H3/t20-/m1/s1. The van der Waals surface area contributed by atoms with Crippen molar-refractivity contribution in [3.05, 3.63) is 62.5 Å². The molecule has 1 saturated carbocycles. The van der Waals surface area contributed by atoms with E-state index < -0.39 is 16.8 Å². The fourth-order valence-electron chi connectivity index (χ4n) is 4.60. The molecule has 1 heterocycles. The number of ether oxygens (including phenoxy) is 1. The molecule has 1 N–H and O–H groups in total. The Bertz CT molecular complexity index is 923. The van der Waals surface area contributed by atoms with Crippen LogP contribution in [0.15, 0.2) is 46.8 Å². The molecule has 3 aliphatic rings. The van der Waals surface area contributed by atoms with E-state index in [2.05, 4.69) is 5.32 Å². The number of hydrogen-bond donors (Lipinski definition) is 1. The zero-order valence-corrected chi connectivity index (χ0v) is 16.4. The number of rotatable bonds is 4. The average Bonchev–Trinajstić information content (AvgIpc) is 3.20. The average molecular weight is 396 g/mol. The number of nitro benzene ring substituents is 1. The lowest BCUT2D eigenvalue weighted by molar-refractivity contribution is -0.384. The summed E-state index contributed by atoms with van der Waals surface area (Å²) in [6.45, 7) is 1.83. The van der Waals surface area contributed by atoms with E-state index in [9.17, 15) is 19.7 Å². The molecule has 1 aromatic carbocycles. The van der Waals surface area contributed by atoms with Crippen LogP contribution < -0.4 is 5.32 Å². The molecule has 1 fully saturated rings. The van der Waals surface area contributed by atoms with E-state index >= 15 is 0 Å². The highest BCUT2D eigenvalue weighted by atomic mass is 16.6. The van der Waals surface area contributed by atoms with Crippen LogP contribution in [0.5, 0.6) is 0 Å². The first kappa shape index (κ1) is 19.4. The van der Waals surface area contributed by atoms with Crippen molar-refractivity contribution in [1.29, 1.82) is 0 Å². The van der Waals surface area contributed by atoms with Gasteiger partial charge in [0.2, 0.25) is 0 Å². The molecular formula is C22H24N2O5. The fraction of sp³-hybridized carbons (Fsp3) is 0.455. The summed E-state index contributed by atoms with van der Waals surface area (Å²) in [7, 11) is 0. The SMILES string of the molecule is CC1=C(C(=O)OC2CCCC2)[C@@H](c2ccc([N+](=O)[O-])cc2)C2=C(CCCC2=O)N1. The number of carbonyl (C=O) groups excluding carboxylic acids is 2. The Morgan fingerprint density at radius 3 is 2.48 bits per heavy atom. The quantitative estimate of drug-likeness (QED) is 0.468. The second-order valence-corrected chi connectivity index (χ2v) is 7.93. The van der Waals surface area contributed by atoms with Crippen molar-refractivity contribution in [2.45, 2.75) is 63.9 Å². The molecule has 2 aliphatic carbocycles. The van der Waals surface area contributed by atoms with Gasteiger partial charge in [-0.3, -0.25) is 14.9 Å². The molecule has 29 heavy (non-hydrogen) atoms. The third-order valence-electron chi connectivity index (χ3n) is 6.01. The summed E-state index contributed by atoms with van der Waals surface area (Å²) in [5.41, 5.74) is 3.22. The maximum atomic E-state index is 13.1. The molecule has 0 radical (unpaired) electrons. The van der Waals surface area contributed by atoms with Crippen molar-refractivity contribution in [3.8, 4) is 0 Å². The number of esters is 1. The van der Waals surface area contributed by atoms with E-state index in [4.69, 9.17) is 4.74 Å². The predicted molar refractivity (Wildman–Crippen MR) is 106 cm³/mol. The molecule has 0 spiro atoms. The molecule has 7 nitrogen and oxygen atoms in total. The fourth-order valence-corrected chi connectivity index (χ4v) is 4.60. The van der Waals surface area contributed by atoms with Gasteiger partial charge in [-0.25, -0.2) is 4.79 Å². The van der Waals surface area contributed by atoms with E-state index in [1.54, 1.807) is 12.1 Å². The van der Waals surface area contributed by atoms with E-state index in [0.29, 0.717) is 28.8 Å². The molecule has 1 atom stereocenters. The van der Waals surface area contributed by atoms with Crippen LogP contribution in [-0.2, 0) is 14.3 Å². The minimum Gasteiger partial charge on any atom is -0.459 e. The van der Waals surface area contributed by atoms with Crippen LogP contribution >= 0.6 is 0 Å². The smallest absolute Gasteiger partial charge is 0.337 e. The summed E-state index contributed by atoms with van der Waals surface area (Å²) in [4.78, 5) is 36.5. The second kappa shape index (κ2) is 7.81. The summed E-state index contributed by atoms with van der Waals surface area (Å²) in [6, 6.07) is 6.10. The Hall–Kier alpha value is -2.96. The van der Waals surface area contributed by atoms with Crippen LogP contribution in [0, 0.1) is 10.1 Å². The third kappa shape index (κ3) is 3.69. The van der Waals surface area contributed by atoms with Gasteiger partial charge in [0.15, 0.2) is 5.78 Å². The van der Waals surface area contributed by atoms with Gasteiger partial charge in [-0.05, 0) is 51.0 Å². The monoisotopic (exact) mass is 396 g/mol. The van der Waals surface area contributed by atoms with Gasteiger partial charge in [0.1, 0.15) is 6.10 Å². The zero-order chi connectivity index (χ0) is 20.5. The Balaban J connectivity index is 1.75. The van der Waals surface area contributed by atoms with Gasteiger partial charge in [0.05, 0.1) is 10.5 Å². The van der Waals surface area contributed by atoms with Crippen molar-refractivity contribution < 1.29 is 19.2 Å². The Labute approximate surface area is 169 Å². The summed E-state index contributed by atoms with van der Waals surface area (Å²) in [6.07, 6.45) is 5.69. The lowest BCUT2D eigenvalue weighted by atomic mass is 9.75. The number of allylic oxidation sites excluding steroid dienone is 3. The minimum atomic E-state index is -0.561. The van der Waals surface area contributed by atoms with Gasteiger partial charge in [-0.1, -0.05) is 12.1 Å². The predicted octanol–water partition coefficient (Wildman–Crippen LogP) is 4.05. The van der Waals surface area contributed by atoms with Crippen molar-refractivity contribution in [2.75, 3.05) is 0 Å². The molecule has 1 aliphatic heterocycles. The van der Waals surface area contributed by atoms with E-state index in [1.807, 2.05) is 6.92 Å². The largest absolute Gasteiger partial charge is 0.459 e. The lowest BCUT2D eigenvalue weighted by Crippen LogP contribution is -2.35. The molecule has 0 amide bonds. The first-order chi connectivity index (χ1) is 14.0. The van der Waals surface area contributed by atoms with E-state index in [0.717, 1.165) is 44.2 Å². The maximum absolute atomic E-state index is 13.1. The van der Waals surface area contributed by atoms with Gasteiger partial charge in [-0.15, -0.1) is 0 Å². The molecule has 7 heteroatoms. The van der Waals surface area contributed by atoms with E-state index in [1.165, 1.54) is 12.1 Å². The van der Waals surface area contributed by atoms with Gasteiger partial charge in [-0.2, -0.15) is 0 Å². The summed E-state index contributed by atoms with van der Waals surface area (Å²) >= 11 is 0. The van der Waals surface area contributed by atoms with Crippen molar-refractivity contribution in [2.24, 2.45) is 0 Å². The molecule has 4 rings (SSSR count). The molecule has 0 bridgehead atoms. The Kier molecular flexibility index (Phi) is 5.22. The van der Waals surface area contributed by atoms with Crippen LogP contribution in [-0.4, -0.2) is 22.8 Å². The summed E-state index contributed by atoms with van der Waals surface area (Å²) < 4.78 is 5.77. The normalized spacial score (nSPS) is 22.4. The highest BCUT2D eigenvalue weighted by Gasteiger charge is 2.39. The van der Waals surface area contributed by atoms with Gasteiger partial charge < -0.3 is 10.1 Å². The van der Waals surface area contributed by atoms with Crippen molar-refractivity contribution in [3.63, 3.8) is 0 Å². The number of nitrogens with one attached hydrogen (secondary N) is 1. The first-order valence-corrected chi connectivity index (χ1v) is 10.1. The van der Waals surface area contributed by atoms with Crippen molar-refractivity contribution in [1.82, 2.24) is 5.32 Å². The molecule has 0 saturated heterocycles. The molecule has 0 aromatic heterocycles. The number of nitrogens with zero attached hydrogens (tertiary/aromatic N) is 1.